The van der Waals surface area contributed by atoms with E-state index in [2.05, 4.69) is 0 Å². The maximum Gasteiger partial charge on any atom is 0.212 e. The van der Waals surface area contributed by atoms with Crippen molar-refractivity contribution in [2.24, 2.45) is 0 Å². The van der Waals surface area contributed by atoms with Crippen LogP contribution in [0.5, 0.6) is 0 Å². The second-order valence-corrected chi connectivity index (χ2v) is 4.80. The third kappa shape index (κ3) is 2.05. The average Bonchev–Trinajstić information content (AvgIpc) is 2.54. The second kappa shape index (κ2) is 4.56. The molecule has 0 saturated carbocycles. The summed E-state index contributed by atoms with van der Waals surface area (Å²) in [5, 5.41) is 10.1. The van der Waals surface area contributed by atoms with Crippen molar-refractivity contribution >= 4 is 0 Å². The van der Waals surface area contributed by atoms with Crippen molar-refractivity contribution in [2.75, 3.05) is 0 Å². The van der Waals surface area contributed by atoms with E-state index in [9.17, 15) is 0 Å². The normalized spacial score (nSPS) is 19.2. The van der Waals surface area contributed by atoms with Crippen LogP contribution in [-0.4, -0.2) is 13.1 Å². The Balaban J connectivity index is 2.58. The molecule has 2 atom stereocenters. The molecule has 0 bridgehead atoms. The van der Waals surface area contributed by atoms with E-state index in [0.717, 1.165) is 11.1 Å². The van der Waals surface area contributed by atoms with Crippen molar-refractivity contribution in [1.29, 1.82) is 2.86 Å². The molecule has 0 aliphatic rings. The van der Waals surface area contributed by atoms with Crippen molar-refractivity contribution in [3.8, 4) is 0 Å². The van der Waals surface area contributed by atoms with E-state index in [1.807, 2.05) is 60.7 Å². The van der Waals surface area contributed by atoms with Crippen LogP contribution in [0.25, 0.3) is 0 Å². The fraction of sp³-hybridized carbons (Fsp3) is 0.250. The summed E-state index contributed by atoms with van der Waals surface area (Å²) in [6.07, 6.45) is 0. The zero-order valence-electron chi connectivity index (χ0n) is 12.6. The first-order valence-corrected chi connectivity index (χ1v) is 5.98. The highest BCUT2D eigenvalue weighted by molar-refractivity contribution is 5.32. The summed E-state index contributed by atoms with van der Waals surface area (Å²) >= 11 is 0. The molecule has 0 saturated heterocycles. The number of benzene rings is 2. The lowest BCUT2D eigenvalue weighted by Gasteiger charge is -2.39. The minimum atomic E-state index is -1.10. The molecule has 0 radical (unpaired) electrons. The summed E-state index contributed by atoms with van der Waals surface area (Å²) in [5.41, 5.74) is -0.628. The molecule has 18 heavy (non-hydrogen) atoms. The number of aliphatic hydroxyl groups is 2. The lowest BCUT2D eigenvalue weighted by molar-refractivity contribution is -0.143. The van der Waals surface area contributed by atoms with E-state index in [1.54, 1.807) is 13.8 Å². The largest absolute Gasteiger partial charge is 0.382 e. The van der Waals surface area contributed by atoms with Crippen LogP contribution in [0.1, 0.15) is 25.0 Å². The summed E-state index contributed by atoms with van der Waals surface area (Å²) in [6, 6.07) is 18.8. The molecular formula is C16H18O2. The van der Waals surface area contributed by atoms with Crippen LogP contribution >= 0.6 is 0 Å². The van der Waals surface area contributed by atoms with Crippen molar-refractivity contribution in [1.82, 2.24) is 0 Å². The molecule has 0 unspecified atom stereocenters. The van der Waals surface area contributed by atoms with Gasteiger partial charge in [-0.05, 0) is 25.0 Å². The molecule has 94 valence electrons. The Morgan fingerprint density at radius 3 is 1.33 bits per heavy atom. The van der Waals surface area contributed by atoms with Gasteiger partial charge in [0, 0.05) is 0 Å². The van der Waals surface area contributed by atoms with E-state index >= 15 is 0 Å². The highest BCUT2D eigenvalue weighted by Gasteiger charge is 2.44. The molecule has 0 heterocycles. The van der Waals surface area contributed by atoms with Gasteiger partial charge in [0.2, 0.25) is 2.86 Å². The standard InChI is InChI=1S/C16H18O2/c1-15(17,13-9-5-3-6-10-13)16(2,18)14-11-7-4-8-12-14/h3-12,17-18H,1-2H3/t15-,16+/i17D,18D. The Morgan fingerprint density at radius 1 is 0.722 bits per heavy atom. The molecule has 0 aliphatic carbocycles. The quantitative estimate of drug-likeness (QED) is 0.849. The number of rotatable bonds is 5. The zero-order chi connectivity index (χ0) is 14.6. The molecule has 2 rings (SSSR count). The van der Waals surface area contributed by atoms with Crippen LogP contribution in [0.2, 0.25) is 0 Å². The summed E-state index contributed by atoms with van der Waals surface area (Å²) in [5.74, 6) is 0. The molecule has 0 aliphatic heterocycles. The first-order chi connectivity index (χ1) is 9.58. The first-order valence-electron chi connectivity index (χ1n) is 6.80. The van der Waals surface area contributed by atoms with Gasteiger partial charge in [-0.25, -0.2) is 0 Å². The van der Waals surface area contributed by atoms with Gasteiger partial charge >= 0.3 is 0 Å². The minimum Gasteiger partial charge on any atom is -0.382 e. The predicted molar refractivity (Wildman–Crippen MR) is 72.0 cm³/mol. The summed E-state index contributed by atoms with van der Waals surface area (Å²) in [6.45, 7) is 3.52. The molecule has 2 heteroatoms. The zero-order valence-corrected chi connectivity index (χ0v) is 10.6. The molecule has 0 spiro atoms. The van der Waals surface area contributed by atoms with E-state index in [0.29, 0.717) is 0 Å². The molecule has 2 aromatic carbocycles. The van der Waals surface area contributed by atoms with Gasteiger partial charge in [0.15, 0.2) is 0 Å². The summed E-state index contributed by atoms with van der Waals surface area (Å²) < 4.78 is 15.1. The summed E-state index contributed by atoms with van der Waals surface area (Å²) in [4.78, 5) is 0. The lowest BCUT2D eigenvalue weighted by atomic mass is 9.76. The Kier molecular flexibility index (Phi) is 2.61. The average molecular weight is 244 g/mol. The van der Waals surface area contributed by atoms with Crippen LogP contribution in [0.15, 0.2) is 60.7 Å². The SMILES string of the molecule is [2H]O[C@@](C)(c1ccccc1)[C@](C)(O[2H])c1ccccc1. The van der Waals surface area contributed by atoms with Gasteiger partial charge in [0.05, 0.1) is 0 Å². The number of hydrogen-bond acceptors (Lipinski definition) is 2. The lowest BCUT2D eigenvalue weighted by Crippen LogP contribution is -2.45. The number of hydrogen-bond donors (Lipinski definition) is 2. The molecule has 0 fully saturated rings. The van der Waals surface area contributed by atoms with Gasteiger partial charge in [-0.3, -0.25) is 0 Å². The molecule has 0 amide bonds. The fourth-order valence-corrected chi connectivity index (χ4v) is 2.06. The fourth-order valence-electron chi connectivity index (χ4n) is 2.06. The van der Waals surface area contributed by atoms with Gasteiger partial charge in [-0.15, -0.1) is 0 Å². The van der Waals surface area contributed by atoms with Crippen molar-refractivity contribution in [3.63, 3.8) is 0 Å². The van der Waals surface area contributed by atoms with Crippen LogP contribution < -0.4 is 0 Å². The maximum absolute atomic E-state index is 7.54. The van der Waals surface area contributed by atoms with E-state index in [-0.39, 0.29) is 0 Å². The van der Waals surface area contributed by atoms with Crippen molar-refractivity contribution < 1.29 is 10.2 Å². The molecule has 2 aromatic rings. The minimum absolute atomic E-state index is 0.786. The maximum atomic E-state index is 7.54. The monoisotopic (exact) mass is 244 g/mol. The molecule has 2 N–H and O–H groups in total. The highest BCUT2D eigenvalue weighted by Crippen LogP contribution is 2.39. The van der Waals surface area contributed by atoms with Crippen LogP contribution in [0.3, 0.4) is 0 Å². The second-order valence-electron chi connectivity index (χ2n) is 4.80. The van der Waals surface area contributed by atoms with Crippen molar-refractivity contribution in [3.05, 3.63) is 71.8 Å². The first kappa shape index (κ1) is 10.3. The Hall–Kier alpha value is -1.64. The van der Waals surface area contributed by atoms with Crippen LogP contribution in [0, 0.1) is 0 Å². The predicted octanol–water partition coefficient (Wildman–Crippen LogP) is 2.80. The third-order valence-corrected chi connectivity index (χ3v) is 3.56. The van der Waals surface area contributed by atoms with E-state index in [1.165, 1.54) is 0 Å². The topological polar surface area (TPSA) is 40.5 Å². The van der Waals surface area contributed by atoms with Crippen LogP contribution in [0.4, 0.5) is 0 Å². The smallest absolute Gasteiger partial charge is 0.212 e. The third-order valence-electron chi connectivity index (χ3n) is 3.56. The highest BCUT2D eigenvalue weighted by atomic mass is 16.4. The van der Waals surface area contributed by atoms with E-state index < -0.39 is 11.2 Å². The van der Waals surface area contributed by atoms with Crippen LogP contribution in [-0.2, 0) is 11.2 Å². The van der Waals surface area contributed by atoms with Gasteiger partial charge in [-0.1, -0.05) is 60.7 Å². The van der Waals surface area contributed by atoms with Gasteiger partial charge in [0.25, 0.3) is 0 Å². The molecule has 2 nitrogen and oxygen atoms in total. The van der Waals surface area contributed by atoms with Gasteiger partial charge < -0.3 is 10.2 Å². The molecular weight excluding hydrogens is 224 g/mol. The van der Waals surface area contributed by atoms with Crippen molar-refractivity contribution in [2.45, 2.75) is 25.0 Å². The Labute approximate surface area is 111 Å². The Bertz CT molecular complexity index is 495. The molecule has 0 aromatic heterocycles. The van der Waals surface area contributed by atoms with E-state index in [4.69, 9.17) is 13.1 Å². The van der Waals surface area contributed by atoms with Gasteiger partial charge in [-0.2, -0.15) is 0 Å². The Morgan fingerprint density at radius 2 is 1.06 bits per heavy atom. The van der Waals surface area contributed by atoms with Gasteiger partial charge in [0.1, 0.15) is 11.2 Å². The summed E-state index contributed by atoms with van der Waals surface area (Å²) in [7, 11) is 0.